The summed E-state index contributed by atoms with van der Waals surface area (Å²) in [6.07, 6.45) is 1.31. The molecule has 1 saturated heterocycles. The van der Waals surface area contributed by atoms with Gasteiger partial charge in [0, 0.05) is 44.0 Å². The third-order valence-corrected chi connectivity index (χ3v) is 6.46. The van der Waals surface area contributed by atoms with E-state index in [9.17, 15) is 19.3 Å². The number of carbonyl (C=O) groups is 1. The van der Waals surface area contributed by atoms with E-state index in [1.54, 1.807) is 24.3 Å². The minimum absolute atomic E-state index is 0.0335. The molecule has 2 aromatic carbocycles. The molecule has 8 heteroatoms. The first kappa shape index (κ1) is 22.0. The highest BCUT2D eigenvalue weighted by molar-refractivity contribution is 5.82. The van der Waals surface area contributed by atoms with Crippen LogP contribution in [0, 0.1) is 27.8 Å². The number of nitrogens with zero attached hydrogens (tertiary/aromatic N) is 3. The van der Waals surface area contributed by atoms with Gasteiger partial charge in [-0.15, -0.1) is 0 Å². The van der Waals surface area contributed by atoms with Crippen LogP contribution in [-0.2, 0) is 11.2 Å². The van der Waals surface area contributed by atoms with E-state index < -0.39 is 4.92 Å². The molecule has 1 fully saturated rings. The van der Waals surface area contributed by atoms with Gasteiger partial charge in [-0.25, -0.2) is 4.39 Å². The number of nitro benzene ring substituents is 1. The number of carbonyl (C=O) groups excluding carboxylic acids is 1. The van der Waals surface area contributed by atoms with Crippen LogP contribution in [0.25, 0.3) is 0 Å². The van der Waals surface area contributed by atoms with Crippen molar-refractivity contribution in [2.45, 2.75) is 32.7 Å². The number of hydrogen-bond donors (Lipinski definition) is 1. The van der Waals surface area contributed by atoms with Crippen LogP contribution < -0.4 is 15.1 Å². The summed E-state index contributed by atoms with van der Waals surface area (Å²) >= 11 is 0. The molecule has 0 aromatic heterocycles. The van der Waals surface area contributed by atoms with Gasteiger partial charge in [0.25, 0.3) is 5.69 Å². The Bertz CT molecular complexity index is 1010. The van der Waals surface area contributed by atoms with Gasteiger partial charge in [-0.2, -0.15) is 0 Å². The molecular formula is C24H29FN4O3. The van der Waals surface area contributed by atoms with Crippen molar-refractivity contribution in [2.24, 2.45) is 11.8 Å². The van der Waals surface area contributed by atoms with Crippen LogP contribution in [0.1, 0.15) is 25.8 Å². The number of hydrogen-bond acceptors (Lipinski definition) is 5. The standard InChI is InChI=1S/C24H29FN4O3/c1-16(2)9-10-26-24(30)19-14-17-13-18(29(31)32)7-8-21(17)28-12-11-27(15-23(19)28)22-6-4-3-5-20(22)25/h3-8,13,16,19,23H,9-12,14-15H2,1-2H3,(H,26,30)/t19-,23+/m1/s1. The van der Waals surface area contributed by atoms with Crippen molar-refractivity contribution in [2.75, 3.05) is 36.0 Å². The van der Waals surface area contributed by atoms with E-state index in [0.717, 1.165) is 17.7 Å². The van der Waals surface area contributed by atoms with E-state index >= 15 is 0 Å². The maximum atomic E-state index is 14.5. The second-order valence-corrected chi connectivity index (χ2v) is 9.01. The molecule has 1 amide bonds. The Hall–Kier alpha value is -3.16. The van der Waals surface area contributed by atoms with Crippen molar-refractivity contribution in [3.63, 3.8) is 0 Å². The number of fused-ring (bicyclic) bond motifs is 3. The average Bonchev–Trinajstić information content (AvgIpc) is 2.77. The molecule has 2 aromatic rings. The van der Waals surface area contributed by atoms with Gasteiger partial charge in [-0.1, -0.05) is 26.0 Å². The highest BCUT2D eigenvalue weighted by atomic mass is 19.1. The van der Waals surface area contributed by atoms with E-state index in [2.05, 4.69) is 24.1 Å². The zero-order chi connectivity index (χ0) is 22.8. The van der Waals surface area contributed by atoms with Gasteiger partial charge in [-0.05, 0) is 42.5 Å². The molecule has 2 aliphatic heterocycles. The van der Waals surface area contributed by atoms with Gasteiger partial charge < -0.3 is 15.1 Å². The van der Waals surface area contributed by atoms with E-state index in [-0.39, 0.29) is 29.4 Å². The quantitative estimate of drug-likeness (QED) is 0.547. The number of anilines is 2. The summed E-state index contributed by atoms with van der Waals surface area (Å²) in [4.78, 5) is 28.3. The fourth-order valence-corrected chi connectivity index (χ4v) is 4.77. The molecule has 170 valence electrons. The molecule has 2 aliphatic rings. The van der Waals surface area contributed by atoms with Crippen LogP contribution in [0.2, 0.25) is 0 Å². The number of nitro groups is 1. The second-order valence-electron chi connectivity index (χ2n) is 9.01. The summed E-state index contributed by atoms with van der Waals surface area (Å²) in [5.74, 6) is -0.210. The number of rotatable bonds is 6. The maximum absolute atomic E-state index is 14.5. The smallest absolute Gasteiger partial charge is 0.269 e. The predicted octanol–water partition coefficient (Wildman–Crippen LogP) is 3.76. The van der Waals surface area contributed by atoms with E-state index in [0.29, 0.717) is 44.2 Å². The fraction of sp³-hybridized carbons (Fsp3) is 0.458. The SMILES string of the molecule is CC(C)CCNC(=O)[C@@H]1Cc2cc([N+](=O)[O-])ccc2N2CCN(c3ccccc3F)C[C@@H]12. The number of non-ortho nitro benzene ring substituents is 1. The Labute approximate surface area is 187 Å². The van der Waals surface area contributed by atoms with E-state index in [1.807, 2.05) is 11.0 Å². The first-order chi connectivity index (χ1) is 15.3. The van der Waals surface area contributed by atoms with Crippen LogP contribution in [0.5, 0.6) is 0 Å². The summed E-state index contributed by atoms with van der Waals surface area (Å²) in [6.45, 7) is 6.54. The van der Waals surface area contributed by atoms with Crippen molar-refractivity contribution in [3.8, 4) is 0 Å². The van der Waals surface area contributed by atoms with Gasteiger partial charge in [-0.3, -0.25) is 14.9 Å². The summed E-state index contributed by atoms with van der Waals surface area (Å²) < 4.78 is 14.5. The fourth-order valence-electron chi connectivity index (χ4n) is 4.77. The van der Waals surface area contributed by atoms with Crippen molar-refractivity contribution in [1.82, 2.24) is 5.32 Å². The third kappa shape index (κ3) is 4.40. The Balaban J connectivity index is 1.64. The molecule has 0 bridgehead atoms. The molecule has 0 saturated carbocycles. The average molecular weight is 441 g/mol. The topological polar surface area (TPSA) is 78.7 Å². The predicted molar refractivity (Wildman–Crippen MR) is 123 cm³/mol. The number of halogens is 1. The van der Waals surface area contributed by atoms with Crippen LogP contribution in [0.15, 0.2) is 42.5 Å². The highest BCUT2D eigenvalue weighted by Gasteiger charge is 2.42. The molecule has 4 rings (SSSR count). The molecule has 1 N–H and O–H groups in total. The number of benzene rings is 2. The lowest BCUT2D eigenvalue weighted by Crippen LogP contribution is -2.61. The number of amides is 1. The minimum Gasteiger partial charge on any atom is -0.365 e. The zero-order valence-corrected chi connectivity index (χ0v) is 18.5. The Kier molecular flexibility index (Phi) is 6.30. The van der Waals surface area contributed by atoms with Gasteiger partial charge >= 0.3 is 0 Å². The van der Waals surface area contributed by atoms with Crippen molar-refractivity contribution < 1.29 is 14.1 Å². The monoisotopic (exact) mass is 440 g/mol. The van der Waals surface area contributed by atoms with Gasteiger partial charge in [0.1, 0.15) is 5.82 Å². The number of para-hydroxylation sites is 1. The second kappa shape index (κ2) is 9.14. The van der Waals surface area contributed by atoms with Gasteiger partial charge in [0.05, 0.1) is 22.6 Å². The summed E-state index contributed by atoms with van der Waals surface area (Å²) in [6, 6.07) is 11.4. The van der Waals surface area contributed by atoms with Crippen LogP contribution in [0.3, 0.4) is 0 Å². The molecule has 32 heavy (non-hydrogen) atoms. The van der Waals surface area contributed by atoms with Crippen molar-refractivity contribution in [3.05, 3.63) is 64.0 Å². The lowest BCUT2D eigenvalue weighted by Gasteiger charge is -2.49. The van der Waals surface area contributed by atoms with Crippen LogP contribution in [0.4, 0.5) is 21.5 Å². The lowest BCUT2D eigenvalue weighted by atomic mass is 9.83. The molecule has 2 heterocycles. The van der Waals surface area contributed by atoms with Crippen LogP contribution >= 0.6 is 0 Å². The summed E-state index contributed by atoms with van der Waals surface area (Å²) in [7, 11) is 0. The largest absolute Gasteiger partial charge is 0.365 e. The molecule has 7 nitrogen and oxygen atoms in total. The number of piperazine rings is 1. The molecular weight excluding hydrogens is 411 g/mol. The Morgan fingerprint density at radius 3 is 2.72 bits per heavy atom. The molecule has 0 radical (unpaired) electrons. The molecule has 0 spiro atoms. The van der Waals surface area contributed by atoms with Gasteiger partial charge in [0.2, 0.25) is 5.91 Å². The first-order valence-electron chi connectivity index (χ1n) is 11.2. The van der Waals surface area contributed by atoms with Crippen molar-refractivity contribution >= 4 is 23.0 Å². The third-order valence-electron chi connectivity index (χ3n) is 6.46. The Morgan fingerprint density at radius 1 is 1.22 bits per heavy atom. The summed E-state index contributed by atoms with van der Waals surface area (Å²) in [5, 5.41) is 14.4. The normalized spacial score (nSPS) is 20.0. The summed E-state index contributed by atoms with van der Waals surface area (Å²) in [5.41, 5.74) is 2.32. The van der Waals surface area contributed by atoms with E-state index in [1.165, 1.54) is 12.1 Å². The molecule has 2 atom stereocenters. The first-order valence-corrected chi connectivity index (χ1v) is 11.2. The van der Waals surface area contributed by atoms with E-state index in [4.69, 9.17) is 0 Å². The zero-order valence-electron chi connectivity index (χ0n) is 18.5. The minimum atomic E-state index is -0.403. The van der Waals surface area contributed by atoms with Crippen molar-refractivity contribution in [1.29, 1.82) is 0 Å². The van der Waals surface area contributed by atoms with Crippen LogP contribution in [-0.4, -0.2) is 43.1 Å². The molecule has 0 unspecified atom stereocenters. The number of nitrogens with one attached hydrogen (secondary N) is 1. The Morgan fingerprint density at radius 2 is 2.00 bits per heavy atom. The lowest BCUT2D eigenvalue weighted by molar-refractivity contribution is -0.384. The maximum Gasteiger partial charge on any atom is 0.269 e. The van der Waals surface area contributed by atoms with Gasteiger partial charge in [0.15, 0.2) is 0 Å². The highest BCUT2D eigenvalue weighted by Crippen LogP contribution is 2.38. The molecule has 0 aliphatic carbocycles.